The molecular formula is C28H45ClN4OS2. The van der Waals surface area contributed by atoms with Crippen molar-refractivity contribution < 1.29 is 4.79 Å². The van der Waals surface area contributed by atoms with E-state index in [9.17, 15) is 4.79 Å². The van der Waals surface area contributed by atoms with Gasteiger partial charge in [0.15, 0.2) is 0 Å². The third-order valence-corrected chi connectivity index (χ3v) is 9.38. The number of thioether (sulfide) groups is 1. The van der Waals surface area contributed by atoms with Crippen molar-refractivity contribution in [3.05, 3.63) is 35.9 Å². The van der Waals surface area contributed by atoms with Gasteiger partial charge in [0.2, 0.25) is 5.91 Å². The number of carbonyl (C=O) groups is 1. The smallest absolute Gasteiger partial charge is 0.238 e. The Bertz CT molecular complexity index is 820. The second-order valence-electron chi connectivity index (χ2n) is 11.5. The standard InChI is InChI=1S/C28H44N4OS2.ClH/c1-28(2,17-21-9-5-3-6-10-21)25(31-26(33)24-19-35-20-29-24)27(34)30-23-13-15-32(16-14-23)18-22-11-7-4-8-12-22;/h4,7-8,11-12,21,23-25,29H,3,5-6,9-10,13-20H2,1-2H3,(H,30,34)(H,31,33);1H/t24-,25-;/m0./s1. The van der Waals surface area contributed by atoms with Crippen LogP contribution in [-0.4, -0.2) is 58.6 Å². The highest BCUT2D eigenvalue weighted by Gasteiger charge is 2.38. The van der Waals surface area contributed by atoms with E-state index in [0.717, 1.165) is 61.4 Å². The summed E-state index contributed by atoms with van der Waals surface area (Å²) in [6.45, 7) is 7.76. The molecule has 0 spiro atoms. The van der Waals surface area contributed by atoms with Gasteiger partial charge in [0, 0.05) is 37.3 Å². The summed E-state index contributed by atoms with van der Waals surface area (Å²) in [6.07, 6.45) is 9.94. The van der Waals surface area contributed by atoms with Crippen molar-refractivity contribution in [2.45, 2.75) is 89.9 Å². The van der Waals surface area contributed by atoms with E-state index in [4.69, 9.17) is 12.2 Å². The molecule has 0 unspecified atom stereocenters. The Kier molecular flexibility index (Phi) is 11.8. The minimum absolute atomic E-state index is 0. The van der Waals surface area contributed by atoms with Crippen LogP contribution in [0.5, 0.6) is 0 Å². The van der Waals surface area contributed by atoms with Crippen LogP contribution in [0.2, 0.25) is 0 Å². The van der Waals surface area contributed by atoms with Gasteiger partial charge in [0.1, 0.15) is 0 Å². The van der Waals surface area contributed by atoms with E-state index in [2.05, 4.69) is 65.0 Å². The summed E-state index contributed by atoms with van der Waals surface area (Å²) in [7, 11) is 0. The fraction of sp³-hybridized carbons (Fsp3) is 0.714. The van der Waals surface area contributed by atoms with E-state index in [-0.39, 0.29) is 35.8 Å². The topological polar surface area (TPSA) is 56.4 Å². The van der Waals surface area contributed by atoms with E-state index in [1.807, 2.05) is 0 Å². The lowest BCUT2D eigenvalue weighted by Gasteiger charge is -2.41. The number of thiocarbonyl (C=S) groups is 1. The minimum Gasteiger partial charge on any atom is -0.375 e. The SMILES string of the molecule is CC(C)(CC1CCCCC1)[C@@H](NC(=O)[C@@H]1CSCN1)C(=S)NC1CCN(Cc2ccccc2)CC1.Cl. The molecule has 36 heavy (non-hydrogen) atoms. The molecule has 2 aliphatic heterocycles. The number of benzene rings is 1. The number of piperidine rings is 1. The average molecular weight is 553 g/mol. The molecule has 8 heteroatoms. The molecule has 2 atom stereocenters. The van der Waals surface area contributed by atoms with Crippen LogP contribution in [0.1, 0.15) is 70.8 Å². The number of likely N-dealkylation sites (tertiary alicyclic amines) is 1. The molecular weight excluding hydrogens is 508 g/mol. The normalized spacial score (nSPS) is 23.0. The van der Waals surface area contributed by atoms with Crippen LogP contribution in [0.3, 0.4) is 0 Å². The summed E-state index contributed by atoms with van der Waals surface area (Å²) in [5.74, 6) is 2.51. The molecule has 1 aromatic carbocycles. The van der Waals surface area contributed by atoms with Crippen LogP contribution in [0.25, 0.3) is 0 Å². The van der Waals surface area contributed by atoms with Gasteiger partial charge in [-0.3, -0.25) is 15.0 Å². The molecule has 0 aromatic heterocycles. The zero-order valence-corrected chi connectivity index (χ0v) is 24.4. The van der Waals surface area contributed by atoms with Crippen LogP contribution in [0.15, 0.2) is 30.3 Å². The highest BCUT2D eigenvalue weighted by Crippen LogP contribution is 2.37. The van der Waals surface area contributed by atoms with E-state index in [0.29, 0.717) is 6.04 Å². The largest absolute Gasteiger partial charge is 0.375 e. The van der Waals surface area contributed by atoms with E-state index >= 15 is 0 Å². The van der Waals surface area contributed by atoms with Crippen molar-refractivity contribution >= 4 is 47.3 Å². The Morgan fingerprint density at radius 2 is 1.83 bits per heavy atom. The third-order valence-electron chi connectivity index (χ3n) is 8.09. The first kappa shape index (κ1) is 29.7. The summed E-state index contributed by atoms with van der Waals surface area (Å²) in [6, 6.07) is 10.8. The van der Waals surface area contributed by atoms with Gasteiger partial charge < -0.3 is 10.6 Å². The minimum atomic E-state index is -0.137. The number of hydrogen-bond acceptors (Lipinski definition) is 5. The Hall–Kier alpha value is -0.860. The molecule has 1 amide bonds. The Morgan fingerprint density at radius 3 is 2.47 bits per heavy atom. The fourth-order valence-corrected chi connectivity index (χ4v) is 7.52. The summed E-state index contributed by atoms with van der Waals surface area (Å²) in [5.41, 5.74) is 1.29. The quantitative estimate of drug-likeness (QED) is 0.369. The monoisotopic (exact) mass is 552 g/mol. The summed E-state index contributed by atoms with van der Waals surface area (Å²) >= 11 is 7.82. The Balaban J connectivity index is 0.00000361. The second kappa shape index (κ2) is 14.3. The molecule has 1 saturated carbocycles. The van der Waals surface area contributed by atoms with Crippen LogP contribution < -0.4 is 16.0 Å². The van der Waals surface area contributed by atoms with Gasteiger partial charge in [0.05, 0.1) is 17.1 Å². The number of halogens is 1. The molecule has 0 radical (unpaired) electrons. The molecule has 2 saturated heterocycles. The summed E-state index contributed by atoms with van der Waals surface area (Å²) in [4.78, 5) is 16.5. The molecule has 0 bridgehead atoms. The van der Waals surface area contributed by atoms with Crippen LogP contribution in [-0.2, 0) is 11.3 Å². The molecule has 1 aromatic rings. The average Bonchev–Trinajstić information content (AvgIpc) is 3.40. The van der Waals surface area contributed by atoms with Gasteiger partial charge in [0.25, 0.3) is 0 Å². The molecule has 202 valence electrons. The van der Waals surface area contributed by atoms with Crippen LogP contribution in [0, 0.1) is 11.3 Å². The molecule has 1 aliphatic carbocycles. The molecule has 3 fully saturated rings. The van der Waals surface area contributed by atoms with E-state index < -0.39 is 0 Å². The fourth-order valence-electron chi connectivity index (χ4n) is 6.04. The lowest BCUT2D eigenvalue weighted by Crippen LogP contribution is -2.59. The summed E-state index contributed by atoms with van der Waals surface area (Å²) in [5, 5.41) is 10.4. The van der Waals surface area contributed by atoms with Crippen molar-refractivity contribution in [3.8, 4) is 0 Å². The van der Waals surface area contributed by atoms with Crippen molar-refractivity contribution in [1.29, 1.82) is 0 Å². The van der Waals surface area contributed by atoms with Crippen molar-refractivity contribution in [1.82, 2.24) is 20.9 Å². The number of nitrogens with one attached hydrogen (secondary N) is 3. The second-order valence-corrected chi connectivity index (χ2v) is 12.9. The van der Waals surface area contributed by atoms with Crippen molar-refractivity contribution in [2.75, 3.05) is 24.7 Å². The summed E-state index contributed by atoms with van der Waals surface area (Å²) < 4.78 is 0. The number of carbonyl (C=O) groups excluding carboxylic acids is 1. The van der Waals surface area contributed by atoms with Gasteiger partial charge in [-0.15, -0.1) is 24.2 Å². The number of amides is 1. The maximum absolute atomic E-state index is 13.1. The molecule has 3 aliphatic rings. The number of hydrogen-bond donors (Lipinski definition) is 3. The first-order chi connectivity index (χ1) is 16.9. The first-order valence-corrected chi connectivity index (χ1v) is 15.2. The van der Waals surface area contributed by atoms with Gasteiger partial charge >= 0.3 is 0 Å². The Labute approximate surface area is 234 Å². The van der Waals surface area contributed by atoms with Crippen LogP contribution in [0.4, 0.5) is 0 Å². The van der Waals surface area contributed by atoms with Gasteiger partial charge in [-0.2, -0.15) is 0 Å². The highest BCUT2D eigenvalue weighted by molar-refractivity contribution is 7.99. The van der Waals surface area contributed by atoms with Crippen LogP contribution >= 0.6 is 36.4 Å². The van der Waals surface area contributed by atoms with Crippen molar-refractivity contribution in [3.63, 3.8) is 0 Å². The highest BCUT2D eigenvalue weighted by atomic mass is 35.5. The van der Waals surface area contributed by atoms with Crippen molar-refractivity contribution in [2.24, 2.45) is 11.3 Å². The molecule has 5 nitrogen and oxygen atoms in total. The predicted molar refractivity (Wildman–Crippen MR) is 159 cm³/mol. The zero-order chi connectivity index (χ0) is 24.7. The lowest BCUT2D eigenvalue weighted by molar-refractivity contribution is -0.123. The van der Waals surface area contributed by atoms with Gasteiger partial charge in [-0.05, 0) is 36.2 Å². The van der Waals surface area contributed by atoms with E-state index in [1.54, 1.807) is 11.8 Å². The Morgan fingerprint density at radius 1 is 1.14 bits per heavy atom. The lowest BCUT2D eigenvalue weighted by atomic mass is 9.72. The molecule has 4 rings (SSSR count). The maximum atomic E-state index is 13.1. The molecule has 2 heterocycles. The van der Waals surface area contributed by atoms with E-state index in [1.165, 1.54) is 37.7 Å². The number of rotatable bonds is 9. The predicted octanol–water partition coefficient (Wildman–Crippen LogP) is 5.13. The third kappa shape index (κ3) is 8.59. The first-order valence-electron chi connectivity index (χ1n) is 13.6. The zero-order valence-electron chi connectivity index (χ0n) is 22.0. The van der Waals surface area contributed by atoms with Gasteiger partial charge in [-0.1, -0.05) is 88.5 Å². The maximum Gasteiger partial charge on any atom is 0.238 e. The van der Waals surface area contributed by atoms with Gasteiger partial charge in [-0.25, -0.2) is 0 Å². The molecule has 3 N–H and O–H groups in total. The number of nitrogens with zero attached hydrogens (tertiary/aromatic N) is 1.